The van der Waals surface area contributed by atoms with Gasteiger partial charge in [0.25, 0.3) is 0 Å². The van der Waals surface area contributed by atoms with Crippen molar-refractivity contribution in [1.29, 1.82) is 0 Å². The molecular weight excluding hydrogens is 517 g/mol. The van der Waals surface area contributed by atoms with Crippen LogP contribution in [0.25, 0.3) is 11.1 Å². The highest BCUT2D eigenvalue weighted by Crippen LogP contribution is 2.41. The van der Waals surface area contributed by atoms with E-state index >= 15 is 0 Å². The third kappa shape index (κ3) is 5.73. The van der Waals surface area contributed by atoms with Gasteiger partial charge in [-0.3, -0.25) is 4.79 Å². The fourth-order valence-electron chi connectivity index (χ4n) is 3.77. The van der Waals surface area contributed by atoms with Crippen molar-refractivity contribution < 1.29 is 31.1 Å². The number of carbonyl (C=O) groups excluding carboxylic acids is 1. The number of halogens is 8. The summed E-state index contributed by atoms with van der Waals surface area (Å²) in [5, 5.41) is 2.77. The van der Waals surface area contributed by atoms with E-state index in [1.807, 2.05) is 0 Å². The van der Waals surface area contributed by atoms with Gasteiger partial charge >= 0.3 is 12.4 Å². The van der Waals surface area contributed by atoms with Gasteiger partial charge in [0.2, 0.25) is 5.91 Å². The maximum atomic E-state index is 13.5. The van der Waals surface area contributed by atoms with E-state index in [0.717, 1.165) is 0 Å². The molecule has 1 atom stereocenters. The average molecular weight is 535 g/mol. The van der Waals surface area contributed by atoms with Crippen molar-refractivity contribution in [2.45, 2.75) is 31.1 Å². The van der Waals surface area contributed by atoms with Crippen molar-refractivity contribution >= 4 is 29.1 Å². The van der Waals surface area contributed by atoms with Crippen molar-refractivity contribution in [3.8, 4) is 11.1 Å². The van der Waals surface area contributed by atoms with E-state index in [2.05, 4.69) is 10.3 Å². The molecule has 186 valence electrons. The Morgan fingerprint density at radius 3 is 1.94 bits per heavy atom. The summed E-state index contributed by atoms with van der Waals surface area (Å²) in [7, 11) is 1.24. The lowest BCUT2D eigenvalue weighted by Crippen LogP contribution is -2.43. The van der Waals surface area contributed by atoms with Gasteiger partial charge in [-0.15, -0.1) is 0 Å². The van der Waals surface area contributed by atoms with Crippen LogP contribution < -0.4 is 5.32 Å². The van der Waals surface area contributed by atoms with Crippen LogP contribution in [0.2, 0.25) is 10.2 Å². The van der Waals surface area contributed by atoms with Crippen molar-refractivity contribution in [2.75, 3.05) is 7.05 Å². The topological polar surface area (TPSA) is 42.0 Å². The first kappa shape index (κ1) is 26.8. The number of likely N-dealkylation sites (N-methyl/N-ethyl adjacent to an activating group) is 1. The molecule has 11 heteroatoms. The number of nitrogens with one attached hydrogen (secondary N) is 1. The number of rotatable bonds is 5. The lowest BCUT2D eigenvalue weighted by atomic mass is 9.74. The molecule has 0 saturated carbocycles. The lowest BCUT2D eigenvalue weighted by Gasteiger charge is -2.31. The lowest BCUT2D eigenvalue weighted by molar-refractivity contribution is -0.143. The number of aromatic nitrogens is 1. The van der Waals surface area contributed by atoms with Crippen molar-refractivity contribution in [2.24, 2.45) is 0 Å². The Labute approximate surface area is 207 Å². The van der Waals surface area contributed by atoms with Crippen LogP contribution >= 0.6 is 23.2 Å². The van der Waals surface area contributed by atoms with Crippen molar-refractivity contribution in [3.05, 3.63) is 87.2 Å². The standard InChI is InChI=1S/C24H18Cl2F6N2O/c1-22(21(35)33-2,14-7-15(23(27,28)29)9-16(8-14)24(30,31)32)11-13-12-34-20(26)10-18(13)17-5-3-4-6-19(17)25/h3-10,12H,11H2,1-2H3,(H,33,35). The summed E-state index contributed by atoms with van der Waals surface area (Å²) in [6, 6.07) is 9.26. The Morgan fingerprint density at radius 1 is 0.886 bits per heavy atom. The molecule has 0 bridgehead atoms. The van der Waals surface area contributed by atoms with Crippen LogP contribution in [0, 0.1) is 0 Å². The largest absolute Gasteiger partial charge is 0.416 e. The predicted molar refractivity (Wildman–Crippen MR) is 121 cm³/mol. The molecular formula is C24H18Cl2F6N2O. The van der Waals surface area contributed by atoms with Crippen molar-refractivity contribution in [1.82, 2.24) is 10.3 Å². The van der Waals surface area contributed by atoms with Crippen LogP contribution in [0.15, 0.2) is 54.7 Å². The highest BCUT2D eigenvalue weighted by molar-refractivity contribution is 6.33. The maximum absolute atomic E-state index is 13.5. The number of alkyl halides is 6. The molecule has 0 fully saturated rings. The Balaban J connectivity index is 2.26. The van der Waals surface area contributed by atoms with Gasteiger partial charge in [-0.1, -0.05) is 41.4 Å². The summed E-state index contributed by atoms with van der Waals surface area (Å²) in [5.74, 6) is -0.787. The van der Waals surface area contributed by atoms with Gasteiger partial charge < -0.3 is 5.32 Å². The number of carbonyl (C=O) groups is 1. The van der Waals surface area contributed by atoms with Crippen LogP contribution in [0.4, 0.5) is 26.3 Å². The van der Waals surface area contributed by atoms with E-state index in [-0.39, 0.29) is 17.6 Å². The first-order valence-electron chi connectivity index (χ1n) is 10.1. The molecule has 1 heterocycles. The van der Waals surface area contributed by atoms with Crippen LogP contribution in [0.5, 0.6) is 0 Å². The van der Waals surface area contributed by atoms with Gasteiger partial charge in [0.05, 0.1) is 16.5 Å². The Morgan fingerprint density at radius 2 is 1.43 bits per heavy atom. The SMILES string of the molecule is CNC(=O)C(C)(Cc1cnc(Cl)cc1-c1ccccc1Cl)c1cc(C(F)(F)F)cc(C(F)(F)F)c1. The first-order valence-corrected chi connectivity index (χ1v) is 10.8. The molecule has 0 radical (unpaired) electrons. The summed E-state index contributed by atoms with van der Waals surface area (Å²) < 4.78 is 81.0. The quantitative estimate of drug-likeness (QED) is 0.275. The van der Waals surface area contributed by atoms with E-state index in [4.69, 9.17) is 23.2 Å². The third-order valence-corrected chi connectivity index (χ3v) is 6.15. The monoisotopic (exact) mass is 534 g/mol. The zero-order valence-electron chi connectivity index (χ0n) is 18.3. The fourth-order valence-corrected chi connectivity index (χ4v) is 4.17. The van der Waals surface area contributed by atoms with Gasteiger partial charge in [0.1, 0.15) is 5.15 Å². The summed E-state index contributed by atoms with van der Waals surface area (Å²) in [4.78, 5) is 17.0. The smallest absolute Gasteiger partial charge is 0.358 e. The van der Waals surface area contributed by atoms with Crippen LogP contribution in [-0.4, -0.2) is 17.9 Å². The number of benzene rings is 2. The Kier molecular flexibility index (Phi) is 7.43. The highest BCUT2D eigenvalue weighted by Gasteiger charge is 2.42. The van der Waals surface area contributed by atoms with Gasteiger partial charge in [0, 0.05) is 23.8 Å². The predicted octanol–water partition coefficient (Wildman–Crippen LogP) is 7.34. The minimum atomic E-state index is -5.07. The fraction of sp³-hybridized carbons (Fsp3) is 0.250. The summed E-state index contributed by atoms with van der Waals surface area (Å²) in [6.45, 7) is 1.27. The summed E-state index contributed by atoms with van der Waals surface area (Å²) >= 11 is 12.4. The number of hydrogen-bond acceptors (Lipinski definition) is 2. The van der Waals surface area contributed by atoms with Gasteiger partial charge in [-0.25, -0.2) is 4.98 Å². The van der Waals surface area contributed by atoms with Crippen molar-refractivity contribution in [3.63, 3.8) is 0 Å². The van der Waals surface area contributed by atoms with Crippen LogP contribution in [0.3, 0.4) is 0 Å². The molecule has 0 spiro atoms. The molecule has 1 unspecified atom stereocenters. The molecule has 2 aromatic carbocycles. The number of amides is 1. The minimum Gasteiger partial charge on any atom is -0.358 e. The first-order chi connectivity index (χ1) is 16.2. The van der Waals surface area contributed by atoms with Gasteiger partial charge in [-0.2, -0.15) is 26.3 Å². The van der Waals surface area contributed by atoms with Crippen LogP contribution in [-0.2, 0) is 29.0 Å². The molecule has 3 aromatic rings. The Bertz CT molecular complexity index is 1230. The average Bonchev–Trinajstić information content (AvgIpc) is 2.78. The second kappa shape index (κ2) is 9.70. The van der Waals surface area contributed by atoms with E-state index in [0.29, 0.717) is 33.8 Å². The van der Waals surface area contributed by atoms with Crippen LogP contribution in [0.1, 0.15) is 29.2 Å². The van der Waals surface area contributed by atoms with Gasteiger partial charge in [-0.05, 0) is 60.4 Å². The molecule has 3 nitrogen and oxygen atoms in total. The second-order valence-corrected chi connectivity index (χ2v) is 8.82. The molecule has 35 heavy (non-hydrogen) atoms. The highest BCUT2D eigenvalue weighted by atomic mass is 35.5. The maximum Gasteiger partial charge on any atom is 0.416 e. The number of hydrogen-bond donors (Lipinski definition) is 1. The molecule has 0 aliphatic rings. The van der Waals surface area contributed by atoms with E-state index in [1.54, 1.807) is 24.3 Å². The molecule has 1 aromatic heterocycles. The van der Waals surface area contributed by atoms with Gasteiger partial charge in [0.15, 0.2) is 0 Å². The van der Waals surface area contributed by atoms with E-state index in [9.17, 15) is 31.1 Å². The minimum absolute atomic E-state index is 0.0206. The number of pyridine rings is 1. The molecule has 0 saturated heterocycles. The summed E-state index contributed by atoms with van der Waals surface area (Å²) in [6.07, 6.45) is -9.11. The zero-order valence-corrected chi connectivity index (χ0v) is 19.8. The molecule has 1 N–H and O–H groups in total. The molecule has 0 aliphatic heterocycles. The summed E-state index contributed by atoms with van der Waals surface area (Å²) in [5.41, 5.74) is -4.04. The molecule has 3 rings (SSSR count). The normalized spacial score (nSPS) is 13.9. The Hall–Kier alpha value is -2.78. The van der Waals surface area contributed by atoms with E-state index in [1.165, 1.54) is 26.2 Å². The molecule has 1 amide bonds. The zero-order chi connectivity index (χ0) is 26.2. The third-order valence-electron chi connectivity index (χ3n) is 5.61. The molecule has 0 aliphatic carbocycles. The van der Waals surface area contributed by atoms with E-state index < -0.39 is 40.4 Å². The second-order valence-electron chi connectivity index (χ2n) is 8.03. The number of nitrogens with zero attached hydrogens (tertiary/aromatic N) is 1.